The van der Waals surface area contributed by atoms with Crippen LogP contribution in [0.25, 0.3) is 76.2 Å². The number of fused-ring (bicyclic) bond motifs is 14. The fraction of sp³-hybridized carbons (Fsp3) is 0.211. The van der Waals surface area contributed by atoms with Crippen molar-refractivity contribution in [2.45, 2.75) is 52.4 Å². The van der Waals surface area contributed by atoms with E-state index in [1.54, 1.807) is 0 Å². The van der Waals surface area contributed by atoms with Crippen LogP contribution in [0.2, 0.25) is 0 Å². The van der Waals surface area contributed by atoms with E-state index in [0.717, 1.165) is 63.6 Å². The molecular weight excluding hydrogens is 648 g/mol. The van der Waals surface area contributed by atoms with Crippen LogP contribution in [0.3, 0.4) is 0 Å². The summed E-state index contributed by atoms with van der Waals surface area (Å²) in [6, 6.07) is 26.4. The number of hydrogen-bond acceptors (Lipinski definition) is 2. The topological polar surface area (TPSA) is 26.3 Å². The maximum Gasteiger partial charge on any atom is 0.144 e. The zero-order valence-electron chi connectivity index (χ0n) is 24.5. The maximum absolute atomic E-state index is 6.80. The quantitative estimate of drug-likeness (QED) is 0.160. The van der Waals surface area contributed by atoms with Crippen molar-refractivity contribution in [3.05, 3.63) is 92.9 Å². The second-order valence-corrected chi connectivity index (χ2v) is 15.4. The highest BCUT2D eigenvalue weighted by Gasteiger charge is 2.25. The molecule has 0 unspecified atom stereocenters. The van der Waals surface area contributed by atoms with Crippen LogP contribution < -0.4 is 0 Å². The van der Waals surface area contributed by atoms with Gasteiger partial charge in [-0.3, -0.25) is 0 Å². The second kappa shape index (κ2) is 8.61. The van der Waals surface area contributed by atoms with Gasteiger partial charge in [-0.15, -0.1) is 0 Å². The molecule has 6 aromatic carbocycles. The molecule has 0 radical (unpaired) electrons. The predicted molar refractivity (Wildman–Crippen MR) is 186 cm³/mol. The molecule has 42 heavy (non-hydrogen) atoms. The predicted octanol–water partition coefficient (Wildman–Crippen LogP) is 13.1. The fourth-order valence-electron chi connectivity index (χ4n) is 6.61. The Morgan fingerprint density at radius 3 is 1.24 bits per heavy atom. The molecular formula is C38H30Br2O2. The van der Waals surface area contributed by atoms with Gasteiger partial charge in [0.15, 0.2) is 0 Å². The summed E-state index contributed by atoms with van der Waals surface area (Å²) in [7, 11) is 0. The Morgan fingerprint density at radius 1 is 0.452 bits per heavy atom. The summed E-state index contributed by atoms with van der Waals surface area (Å²) in [5.41, 5.74) is 6.24. The van der Waals surface area contributed by atoms with Crippen LogP contribution in [0.4, 0.5) is 0 Å². The van der Waals surface area contributed by atoms with Gasteiger partial charge in [-0.05, 0) is 67.8 Å². The van der Waals surface area contributed by atoms with Gasteiger partial charge in [0.05, 0.1) is 0 Å². The summed E-state index contributed by atoms with van der Waals surface area (Å²) in [4.78, 5) is 0. The van der Waals surface area contributed by atoms with Gasteiger partial charge in [0, 0.05) is 41.3 Å². The lowest BCUT2D eigenvalue weighted by Gasteiger charge is -2.20. The van der Waals surface area contributed by atoms with E-state index >= 15 is 0 Å². The summed E-state index contributed by atoms with van der Waals surface area (Å²) >= 11 is 7.77. The average molecular weight is 678 g/mol. The molecule has 2 heterocycles. The van der Waals surface area contributed by atoms with E-state index in [1.807, 2.05) is 0 Å². The zero-order valence-corrected chi connectivity index (χ0v) is 27.7. The molecule has 0 aliphatic carbocycles. The second-order valence-electron chi connectivity index (χ2n) is 13.6. The highest BCUT2D eigenvalue weighted by Crippen LogP contribution is 2.50. The van der Waals surface area contributed by atoms with E-state index in [-0.39, 0.29) is 10.8 Å². The van der Waals surface area contributed by atoms with Crippen LogP contribution in [-0.4, -0.2) is 0 Å². The van der Waals surface area contributed by atoms with Gasteiger partial charge >= 0.3 is 0 Å². The molecule has 0 amide bonds. The van der Waals surface area contributed by atoms with E-state index in [2.05, 4.69) is 146 Å². The van der Waals surface area contributed by atoms with Crippen molar-refractivity contribution >= 4 is 108 Å². The first kappa shape index (κ1) is 26.3. The van der Waals surface area contributed by atoms with E-state index < -0.39 is 0 Å². The van der Waals surface area contributed by atoms with Crippen LogP contribution in [0, 0.1) is 0 Å². The van der Waals surface area contributed by atoms with Gasteiger partial charge in [-0.25, -0.2) is 0 Å². The molecule has 8 aromatic rings. The Morgan fingerprint density at radius 2 is 0.857 bits per heavy atom. The van der Waals surface area contributed by atoms with Crippen molar-refractivity contribution in [3.63, 3.8) is 0 Å². The third-order valence-electron chi connectivity index (χ3n) is 8.88. The van der Waals surface area contributed by atoms with Crippen LogP contribution in [0.15, 0.2) is 90.6 Å². The van der Waals surface area contributed by atoms with Crippen LogP contribution in [-0.2, 0) is 10.8 Å². The first-order chi connectivity index (χ1) is 19.9. The summed E-state index contributed by atoms with van der Waals surface area (Å²) in [5.74, 6) is 0. The number of benzene rings is 6. The third-order valence-corrected chi connectivity index (χ3v) is 10.2. The molecule has 0 aliphatic heterocycles. The van der Waals surface area contributed by atoms with Gasteiger partial charge in [0.2, 0.25) is 0 Å². The zero-order chi connectivity index (χ0) is 29.3. The van der Waals surface area contributed by atoms with Crippen molar-refractivity contribution in [1.82, 2.24) is 0 Å². The van der Waals surface area contributed by atoms with Gasteiger partial charge in [-0.2, -0.15) is 0 Å². The summed E-state index contributed by atoms with van der Waals surface area (Å²) < 4.78 is 15.7. The van der Waals surface area contributed by atoms with E-state index in [0.29, 0.717) is 0 Å². The highest BCUT2D eigenvalue weighted by molar-refractivity contribution is 9.11. The van der Waals surface area contributed by atoms with Gasteiger partial charge in [-0.1, -0.05) is 122 Å². The van der Waals surface area contributed by atoms with E-state index in [1.165, 1.54) is 32.7 Å². The van der Waals surface area contributed by atoms with Crippen LogP contribution in [0.5, 0.6) is 0 Å². The molecule has 2 nitrogen and oxygen atoms in total. The normalized spacial score (nSPS) is 13.2. The SMILES string of the molecule is CC(C)(C)c1ccc2c(c1)c(Br)cc1oc3c4ccccc4c4oc5cc(Br)c6cc(C(C)(C)C)ccc6c5c4c3c12. The molecule has 2 aromatic heterocycles. The standard InChI is InChI=1S/C38H30Br2O2/c1-37(2,3)19-11-13-21-25(15-19)27(39)17-29-31(21)33-34-32-22-14-12-20(38(4,5)6)16-26(22)28(40)18-30(32)42-36(34)24-10-8-7-9-23(24)35(33)41-29/h7-18H,1-6H3. The van der Waals surface area contributed by atoms with E-state index in [9.17, 15) is 0 Å². The number of furan rings is 2. The molecule has 0 spiro atoms. The van der Waals surface area contributed by atoms with Crippen LogP contribution >= 0.6 is 31.9 Å². The van der Waals surface area contributed by atoms with Crippen molar-refractivity contribution in [2.24, 2.45) is 0 Å². The molecule has 0 fully saturated rings. The number of rotatable bonds is 0. The van der Waals surface area contributed by atoms with Crippen molar-refractivity contribution in [1.29, 1.82) is 0 Å². The first-order valence-electron chi connectivity index (χ1n) is 14.4. The molecule has 0 aliphatic rings. The molecule has 208 valence electrons. The molecule has 8 rings (SSSR count). The minimum absolute atomic E-state index is 0.0451. The smallest absolute Gasteiger partial charge is 0.144 e. The number of hydrogen-bond donors (Lipinski definition) is 0. The average Bonchev–Trinajstić information content (AvgIpc) is 3.51. The van der Waals surface area contributed by atoms with Crippen LogP contribution in [0.1, 0.15) is 52.7 Å². The largest absolute Gasteiger partial charge is 0.455 e. The minimum Gasteiger partial charge on any atom is -0.455 e. The Hall–Kier alpha value is -3.34. The Balaban J connectivity index is 1.65. The highest BCUT2D eigenvalue weighted by atomic mass is 79.9. The minimum atomic E-state index is 0.0451. The maximum atomic E-state index is 6.80. The summed E-state index contributed by atoms with van der Waals surface area (Å²) in [6.45, 7) is 13.6. The van der Waals surface area contributed by atoms with Crippen molar-refractivity contribution in [3.8, 4) is 0 Å². The molecule has 4 heteroatoms. The third kappa shape index (κ3) is 3.61. The summed E-state index contributed by atoms with van der Waals surface area (Å²) in [6.07, 6.45) is 0. The summed E-state index contributed by atoms with van der Waals surface area (Å²) in [5, 5.41) is 11.3. The molecule has 0 bridgehead atoms. The molecule has 0 saturated heterocycles. The lowest BCUT2D eigenvalue weighted by Crippen LogP contribution is -2.10. The Bertz CT molecular complexity index is 2270. The fourth-order valence-corrected chi connectivity index (χ4v) is 7.68. The molecule has 0 N–H and O–H groups in total. The van der Waals surface area contributed by atoms with Gasteiger partial charge in [0.1, 0.15) is 22.3 Å². The molecule has 0 saturated carbocycles. The first-order valence-corrected chi connectivity index (χ1v) is 16.0. The molecule has 0 atom stereocenters. The number of halogens is 2. The van der Waals surface area contributed by atoms with Gasteiger partial charge in [0.25, 0.3) is 0 Å². The Kier molecular flexibility index (Phi) is 5.39. The van der Waals surface area contributed by atoms with Gasteiger partial charge < -0.3 is 8.83 Å². The van der Waals surface area contributed by atoms with E-state index in [4.69, 9.17) is 8.83 Å². The Labute approximate surface area is 260 Å². The lowest BCUT2D eigenvalue weighted by atomic mass is 9.85. The monoisotopic (exact) mass is 676 g/mol. The van der Waals surface area contributed by atoms with Crippen molar-refractivity contribution < 1.29 is 8.83 Å². The van der Waals surface area contributed by atoms with Crippen molar-refractivity contribution in [2.75, 3.05) is 0 Å². The lowest BCUT2D eigenvalue weighted by molar-refractivity contribution is 0.591.